The molecule has 0 saturated carbocycles. The molecule has 4 nitrogen and oxygen atoms in total. The number of ether oxygens (including phenoxy) is 1. The Bertz CT molecular complexity index is 666. The maximum absolute atomic E-state index is 11.8. The van der Waals surface area contributed by atoms with Gasteiger partial charge in [0.15, 0.2) is 0 Å². The summed E-state index contributed by atoms with van der Waals surface area (Å²) in [5.41, 5.74) is 11.1. The van der Waals surface area contributed by atoms with E-state index in [-0.39, 0.29) is 5.97 Å². The largest absolute Gasteiger partial charge is 0.462 e. The average molecular weight is 284 g/mol. The number of benzene rings is 2. The van der Waals surface area contributed by atoms with Crippen LogP contribution in [0.4, 0.5) is 17.1 Å². The molecule has 0 bridgehead atoms. The molecular weight excluding hydrogens is 264 g/mol. The third-order valence-corrected chi connectivity index (χ3v) is 3.35. The molecule has 21 heavy (non-hydrogen) atoms. The Kier molecular flexibility index (Phi) is 4.48. The first-order valence-corrected chi connectivity index (χ1v) is 6.92. The minimum absolute atomic E-state index is 0.347. The summed E-state index contributed by atoms with van der Waals surface area (Å²) in [6, 6.07) is 11.2. The highest BCUT2D eigenvalue weighted by molar-refractivity contribution is 5.92. The van der Waals surface area contributed by atoms with Gasteiger partial charge in [0.05, 0.1) is 23.5 Å². The van der Waals surface area contributed by atoms with E-state index in [1.807, 2.05) is 18.2 Å². The predicted octanol–water partition coefficient (Wildman–Crippen LogP) is 3.81. The van der Waals surface area contributed by atoms with Crippen LogP contribution in [0.3, 0.4) is 0 Å². The monoisotopic (exact) mass is 284 g/mol. The van der Waals surface area contributed by atoms with Crippen molar-refractivity contribution in [3.63, 3.8) is 0 Å². The second kappa shape index (κ2) is 6.31. The van der Waals surface area contributed by atoms with Crippen LogP contribution in [0.5, 0.6) is 0 Å². The van der Waals surface area contributed by atoms with Crippen molar-refractivity contribution in [3.05, 3.63) is 53.1 Å². The molecule has 0 amide bonds. The fourth-order valence-electron chi connectivity index (χ4n) is 1.98. The second-order valence-electron chi connectivity index (χ2n) is 4.95. The number of esters is 1. The topological polar surface area (TPSA) is 64.3 Å². The molecule has 2 aromatic carbocycles. The van der Waals surface area contributed by atoms with Gasteiger partial charge in [0, 0.05) is 5.69 Å². The van der Waals surface area contributed by atoms with E-state index in [2.05, 4.69) is 19.2 Å². The lowest BCUT2D eigenvalue weighted by Crippen LogP contribution is -2.06. The van der Waals surface area contributed by atoms with Gasteiger partial charge in [0.25, 0.3) is 0 Å². The van der Waals surface area contributed by atoms with Crippen LogP contribution in [0.25, 0.3) is 0 Å². The molecular formula is C17H20N2O2. The lowest BCUT2D eigenvalue weighted by molar-refractivity contribution is 0.0526. The number of aryl methyl sites for hydroxylation is 2. The third-order valence-electron chi connectivity index (χ3n) is 3.35. The van der Waals surface area contributed by atoms with Crippen LogP contribution in [0, 0.1) is 13.8 Å². The summed E-state index contributed by atoms with van der Waals surface area (Å²) < 4.78 is 5.00. The van der Waals surface area contributed by atoms with Crippen LogP contribution in [-0.2, 0) is 4.74 Å². The van der Waals surface area contributed by atoms with Gasteiger partial charge in [0.1, 0.15) is 0 Å². The van der Waals surface area contributed by atoms with E-state index >= 15 is 0 Å². The summed E-state index contributed by atoms with van der Waals surface area (Å²) in [5, 5.41) is 3.24. The fourth-order valence-corrected chi connectivity index (χ4v) is 1.98. The molecule has 4 heteroatoms. The molecule has 0 fully saturated rings. The van der Waals surface area contributed by atoms with Crippen molar-refractivity contribution in [2.75, 3.05) is 17.7 Å². The number of anilines is 3. The minimum Gasteiger partial charge on any atom is -0.462 e. The summed E-state index contributed by atoms with van der Waals surface area (Å²) in [5.74, 6) is -0.347. The number of hydrogen-bond donors (Lipinski definition) is 2. The van der Waals surface area contributed by atoms with Gasteiger partial charge < -0.3 is 15.8 Å². The zero-order valence-electron chi connectivity index (χ0n) is 12.6. The Labute approximate surface area is 124 Å². The van der Waals surface area contributed by atoms with Crippen LogP contribution < -0.4 is 11.1 Å². The predicted molar refractivity (Wildman–Crippen MR) is 86.0 cm³/mol. The Morgan fingerprint density at radius 1 is 1.14 bits per heavy atom. The van der Waals surface area contributed by atoms with Crippen LogP contribution >= 0.6 is 0 Å². The van der Waals surface area contributed by atoms with Gasteiger partial charge in [-0.15, -0.1) is 0 Å². The van der Waals surface area contributed by atoms with E-state index in [0.29, 0.717) is 23.5 Å². The Morgan fingerprint density at radius 3 is 2.57 bits per heavy atom. The molecule has 2 aromatic rings. The highest BCUT2D eigenvalue weighted by atomic mass is 16.5. The van der Waals surface area contributed by atoms with Gasteiger partial charge in [-0.05, 0) is 62.2 Å². The Hall–Kier alpha value is -2.49. The summed E-state index contributed by atoms with van der Waals surface area (Å²) in [6.07, 6.45) is 0. The number of nitrogens with two attached hydrogens (primary N) is 1. The number of rotatable bonds is 4. The average Bonchev–Trinajstić information content (AvgIpc) is 2.45. The van der Waals surface area contributed by atoms with Crippen LogP contribution in [0.1, 0.15) is 28.4 Å². The maximum Gasteiger partial charge on any atom is 0.338 e. The van der Waals surface area contributed by atoms with Crippen LogP contribution in [0.15, 0.2) is 36.4 Å². The van der Waals surface area contributed by atoms with Gasteiger partial charge in [-0.25, -0.2) is 4.79 Å². The number of nitrogens with one attached hydrogen (secondary N) is 1. The normalized spacial score (nSPS) is 10.2. The van der Waals surface area contributed by atoms with Gasteiger partial charge in [-0.1, -0.05) is 6.07 Å². The molecule has 0 atom stereocenters. The van der Waals surface area contributed by atoms with E-state index < -0.39 is 0 Å². The highest BCUT2D eigenvalue weighted by Crippen LogP contribution is 2.26. The quantitative estimate of drug-likeness (QED) is 0.662. The maximum atomic E-state index is 11.8. The SMILES string of the molecule is CCOC(=O)c1ccc(N)c(Nc2ccc(C)c(C)c2)c1. The molecule has 2 rings (SSSR count). The van der Waals surface area contributed by atoms with Gasteiger partial charge in [-0.2, -0.15) is 0 Å². The Morgan fingerprint density at radius 2 is 1.90 bits per heavy atom. The van der Waals surface area contributed by atoms with Crippen molar-refractivity contribution in [3.8, 4) is 0 Å². The zero-order valence-corrected chi connectivity index (χ0v) is 12.6. The van der Waals surface area contributed by atoms with Crippen molar-refractivity contribution in [2.24, 2.45) is 0 Å². The zero-order chi connectivity index (χ0) is 15.4. The van der Waals surface area contributed by atoms with Gasteiger partial charge in [-0.3, -0.25) is 0 Å². The third kappa shape index (κ3) is 3.54. The van der Waals surface area contributed by atoms with E-state index in [9.17, 15) is 4.79 Å². The summed E-state index contributed by atoms with van der Waals surface area (Å²) in [6.45, 7) is 6.25. The fraction of sp³-hybridized carbons (Fsp3) is 0.235. The van der Waals surface area contributed by atoms with E-state index in [0.717, 1.165) is 5.69 Å². The van der Waals surface area contributed by atoms with Crippen molar-refractivity contribution in [1.82, 2.24) is 0 Å². The molecule has 0 unspecified atom stereocenters. The molecule has 0 heterocycles. The summed E-state index contributed by atoms with van der Waals surface area (Å²) in [7, 11) is 0. The standard InChI is InChI=1S/C17H20N2O2/c1-4-21-17(20)13-6-8-15(18)16(10-13)19-14-7-5-11(2)12(3)9-14/h5-10,19H,4,18H2,1-3H3. The van der Waals surface area contributed by atoms with Gasteiger partial charge >= 0.3 is 5.97 Å². The lowest BCUT2D eigenvalue weighted by atomic mass is 10.1. The number of hydrogen-bond acceptors (Lipinski definition) is 4. The molecule has 0 spiro atoms. The van der Waals surface area contributed by atoms with Crippen molar-refractivity contribution < 1.29 is 9.53 Å². The van der Waals surface area contributed by atoms with E-state index in [1.54, 1.807) is 25.1 Å². The lowest BCUT2D eigenvalue weighted by Gasteiger charge is -2.12. The number of carbonyl (C=O) groups excluding carboxylic acids is 1. The summed E-state index contributed by atoms with van der Waals surface area (Å²) >= 11 is 0. The molecule has 0 aliphatic heterocycles. The smallest absolute Gasteiger partial charge is 0.338 e. The van der Waals surface area contributed by atoms with Crippen molar-refractivity contribution >= 4 is 23.0 Å². The Balaban J connectivity index is 2.28. The highest BCUT2D eigenvalue weighted by Gasteiger charge is 2.09. The number of carbonyl (C=O) groups is 1. The van der Waals surface area contributed by atoms with Crippen molar-refractivity contribution in [1.29, 1.82) is 0 Å². The van der Waals surface area contributed by atoms with Crippen LogP contribution in [-0.4, -0.2) is 12.6 Å². The molecule has 0 saturated heterocycles. The van der Waals surface area contributed by atoms with E-state index in [4.69, 9.17) is 10.5 Å². The molecule has 0 aromatic heterocycles. The van der Waals surface area contributed by atoms with E-state index in [1.165, 1.54) is 11.1 Å². The second-order valence-corrected chi connectivity index (χ2v) is 4.95. The first-order chi connectivity index (χ1) is 10.0. The molecule has 0 radical (unpaired) electrons. The first kappa shape index (κ1) is 14.9. The minimum atomic E-state index is -0.347. The molecule has 0 aliphatic carbocycles. The number of nitrogen functional groups attached to an aromatic ring is 1. The molecule has 110 valence electrons. The molecule has 0 aliphatic rings. The van der Waals surface area contributed by atoms with Crippen molar-refractivity contribution in [2.45, 2.75) is 20.8 Å². The summed E-state index contributed by atoms with van der Waals surface area (Å²) in [4.78, 5) is 11.8. The van der Waals surface area contributed by atoms with Gasteiger partial charge in [0.2, 0.25) is 0 Å². The first-order valence-electron chi connectivity index (χ1n) is 6.92. The molecule has 3 N–H and O–H groups in total. The van der Waals surface area contributed by atoms with Crippen LogP contribution in [0.2, 0.25) is 0 Å².